The molecule has 1 aliphatic carbocycles. The molecule has 2 aliphatic rings. The molecule has 0 saturated carbocycles. The van der Waals surface area contributed by atoms with Gasteiger partial charge in [0.15, 0.2) is 0 Å². The van der Waals surface area contributed by atoms with E-state index in [-0.39, 0.29) is 11.9 Å². The first kappa shape index (κ1) is 10.7. The molecule has 1 amide bonds. The standard InChI is InChI=1S/C12H20N2O/c15-12(11-8-4-5-9-13-11)14-10-6-2-1-3-7-10/h1-2,10-11,13H,3-9H2,(H,14,15)/t10?,11-/m1/s1. The second-order valence-electron chi connectivity index (χ2n) is 4.49. The van der Waals surface area contributed by atoms with Crippen molar-refractivity contribution < 1.29 is 4.79 Å². The first-order chi connectivity index (χ1) is 7.36. The van der Waals surface area contributed by atoms with Gasteiger partial charge in [0, 0.05) is 6.04 Å². The lowest BCUT2D eigenvalue weighted by molar-refractivity contribution is -0.124. The molecule has 2 N–H and O–H groups in total. The highest BCUT2D eigenvalue weighted by molar-refractivity contribution is 5.82. The third-order valence-corrected chi connectivity index (χ3v) is 3.24. The van der Waals surface area contributed by atoms with Crippen molar-refractivity contribution in [2.75, 3.05) is 6.54 Å². The molecule has 2 atom stereocenters. The van der Waals surface area contributed by atoms with Gasteiger partial charge in [-0.05, 0) is 38.6 Å². The Morgan fingerprint density at radius 2 is 2.20 bits per heavy atom. The van der Waals surface area contributed by atoms with Crippen molar-refractivity contribution in [2.45, 2.75) is 50.6 Å². The fourth-order valence-corrected chi connectivity index (χ4v) is 2.30. The zero-order chi connectivity index (χ0) is 10.5. The average molecular weight is 208 g/mol. The molecule has 0 aromatic rings. The van der Waals surface area contributed by atoms with Crippen molar-refractivity contribution in [1.29, 1.82) is 0 Å². The van der Waals surface area contributed by atoms with E-state index in [1.54, 1.807) is 0 Å². The van der Waals surface area contributed by atoms with Crippen LogP contribution in [0.3, 0.4) is 0 Å². The molecule has 3 heteroatoms. The van der Waals surface area contributed by atoms with Crippen molar-refractivity contribution in [1.82, 2.24) is 10.6 Å². The minimum absolute atomic E-state index is 0.0599. The second-order valence-corrected chi connectivity index (χ2v) is 4.49. The normalized spacial score (nSPS) is 31.2. The Labute approximate surface area is 91.3 Å². The third kappa shape index (κ3) is 3.06. The topological polar surface area (TPSA) is 41.1 Å². The lowest BCUT2D eigenvalue weighted by atomic mass is 10.00. The van der Waals surface area contributed by atoms with Gasteiger partial charge in [-0.25, -0.2) is 0 Å². The van der Waals surface area contributed by atoms with Gasteiger partial charge in [0.05, 0.1) is 6.04 Å². The second kappa shape index (κ2) is 5.31. The largest absolute Gasteiger partial charge is 0.352 e. The Morgan fingerprint density at radius 1 is 1.27 bits per heavy atom. The summed E-state index contributed by atoms with van der Waals surface area (Å²) in [4.78, 5) is 11.9. The van der Waals surface area contributed by atoms with Gasteiger partial charge in [-0.3, -0.25) is 4.79 Å². The summed E-state index contributed by atoms with van der Waals surface area (Å²) in [7, 11) is 0. The van der Waals surface area contributed by atoms with Gasteiger partial charge < -0.3 is 10.6 Å². The van der Waals surface area contributed by atoms with E-state index in [9.17, 15) is 4.79 Å². The fourth-order valence-electron chi connectivity index (χ4n) is 2.30. The number of hydrogen-bond acceptors (Lipinski definition) is 2. The van der Waals surface area contributed by atoms with Crippen molar-refractivity contribution in [3.8, 4) is 0 Å². The van der Waals surface area contributed by atoms with Crippen LogP contribution in [0.4, 0.5) is 0 Å². The zero-order valence-electron chi connectivity index (χ0n) is 9.17. The molecule has 0 aromatic heterocycles. The van der Waals surface area contributed by atoms with Gasteiger partial charge in [0.2, 0.25) is 5.91 Å². The zero-order valence-corrected chi connectivity index (χ0v) is 9.17. The van der Waals surface area contributed by atoms with Crippen molar-refractivity contribution in [3.05, 3.63) is 12.2 Å². The lowest BCUT2D eigenvalue weighted by Crippen LogP contribution is -2.49. The van der Waals surface area contributed by atoms with Crippen molar-refractivity contribution in [3.63, 3.8) is 0 Å². The molecular weight excluding hydrogens is 188 g/mol. The molecule has 15 heavy (non-hydrogen) atoms. The minimum atomic E-state index is 0.0599. The molecule has 3 nitrogen and oxygen atoms in total. The lowest BCUT2D eigenvalue weighted by Gasteiger charge is -2.26. The smallest absolute Gasteiger partial charge is 0.237 e. The van der Waals surface area contributed by atoms with Crippen LogP contribution < -0.4 is 10.6 Å². The Bertz CT molecular complexity index is 244. The predicted molar refractivity (Wildman–Crippen MR) is 60.6 cm³/mol. The van der Waals surface area contributed by atoms with E-state index in [2.05, 4.69) is 22.8 Å². The van der Waals surface area contributed by atoms with Crippen LogP contribution in [-0.2, 0) is 4.79 Å². The molecule has 2 rings (SSSR count). The summed E-state index contributed by atoms with van der Waals surface area (Å²) in [5.74, 6) is 0.204. The summed E-state index contributed by atoms with van der Waals surface area (Å²) in [6.45, 7) is 0.989. The molecule has 1 unspecified atom stereocenters. The summed E-state index contributed by atoms with van der Waals surface area (Å²) in [6.07, 6.45) is 10.9. The Hall–Kier alpha value is -0.830. The van der Waals surface area contributed by atoms with Gasteiger partial charge in [-0.1, -0.05) is 18.6 Å². The van der Waals surface area contributed by atoms with E-state index in [0.29, 0.717) is 6.04 Å². The average Bonchev–Trinajstić information content (AvgIpc) is 2.31. The summed E-state index contributed by atoms with van der Waals surface area (Å²) >= 11 is 0. The van der Waals surface area contributed by atoms with Crippen LogP contribution in [-0.4, -0.2) is 24.5 Å². The number of carbonyl (C=O) groups is 1. The van der Waals surface area contributed by atoms with E-state index in [1.165, 1.54) is 12.8 Å². The van der Waals surface area contributed by atoms with Gasteiger partial charge in [-0.15, -0.1) is 0 Å². The van der Waals surface area contributed by atoms with E-state index in [0.717, 1.165) is 32.2 Å². The number of nitrogens with one attached hydrogen (secondary N) is 2. The first-order valence-electron chi connectivity index (χ1n) is 6.05. The number of amides is 1. The van der Waals surface area contributed by atoms with Crippen LogP contribution >= 0.6 is 0 Å². The SMILES string of the molecule is O=C(NC1CC=CCC1)[C@H]1CCCCN1. The molecule has 84 valence electrons. The number of allylic oxidation sites excluding steroid dienone is 1. The third-order valence-electron chi connectivity index (χ3n) is 3.24. The first-order valence-corrected chi connectivity index (χ1v) is 6.05. The van der Waals surface area contributed by atoms with Crippen molar-refractivity contribution >= 4 is 5.91 Å². The summed E-state index contributed by atoms with van der Waals surface area (Å²) in [5, 5.41) is 6.41. The Kier molecular flexibility index (Phi) is 3.78. The van der Waals surface area contributed by atoms with Crippen molar-refractivity contribution in [2.24, 2.45) is 0 Å². The maximum atomic E-state index is 11.9. The fraction of sp³-hybridized carbons (Fsp3) is 0.750. The maximum absolute atomic E-state index is 11.9. The van der Waals surface area contributed by atoms with E-state index < -0.39 is 0 Å². The molecule has 1 heterocycles. The van der Waals surface area contributed by atoms with E-state index in [1.807, 2.05) is 0 Å². The van der Waals surface area contributed by atoms with Crippen LogP contribution in [0.1, 0.15) is 38.5 Å². The quantitative estimate of drug-likeness (QED) is 0.673. The number of carbonyl (C=O) groups excluding carboxylic acids is 1. The van der Waals surface area contributed by atoms with Crippen LogP contribution in [0, 0.1) is 0 Å². The highest BCUT2D eigenvalue weighted by Gasteiger charge is 2.22. The van der Waals surface area contributed by atoms with E-state index in [4.69, 9.17) is 0 Å². The molecule has 0 bridgehead atoms. The van der Waals surface area contributed by atoms with Gasteiger partial charge in [-0.2, -0.15) is 0 Å². The summed E-state index contributed by atoms with van der Waals surface area (Å²) in [6, 6.07) is 0.427. The summed E-state index contributed by atoms with van der Waals surface area (Å²) < 4.78 is 0. The summed E-state index contributed by atoms with van der Waals surface area (Å²) in [5.41, 5.74) is 0. The number of piperidine rings is 1. The number of hydrogen-bond donors (Lipinski definition) is 2. The highest BCUT2D eigenvalue weighted by atomic mass is 16.2. The Morgan fingerprint density at radius 3 is 2.87 bits per heavy atom. The molecule has 0 spiro atoms. The van der Waals surface area contributed by atoms with E-state index >= 15 is 0 Å². The molecule has 1 aliphatic heterocycles. The molecule has 0 radical (unpaired) electrons. The maximum Gasteiger partial charge on any atom is 0.237 e. The molecule has 1 fully saturated rings. The number of rotatable bonds is 2. The van der Waals surface area contributed by atoms with Crippen LogP contribution in [0.25, 0.3) is 0 Å². The van der Waals surface area contributed by atoms with Gasteiger partial charge >= 0.3 is 0 Å². The molecule has 1 saturated heterocycles. The monoisotopic (exact) mass is 208 g/mol. The predicted octanol–water partition coefficient (Wildman–Crippen LogP) is 1.35. The molecular formula is C12H20N2O. The van der Waals surface area contributed by atoms with Crippen LogP contribution in [0.15, 0.2) is 12.2 Å². The van der Waals surface area contributed by atoms with Crippen LogP contribution in [0.5, 0.6) is 0 Å². The Balaban J connectivity index is 1.77. The van der Waals surface area contributed by atoms with Gasteiger partial charge in [0.25, 0.3) is 0 Å². The van der Waals surface area contributed by atoms with Crippen LogP contribution in [0.2, 0.25) is 0 Å². The molecule has 0 aromatic carbocycles. The minimum Gasteiger partial charge on any atom is -0.352 e. The highest BCUT2D eigenvalue weighted by Crippen LogP contribution is 2.12. The van der Waals surface area contributed by atoms with Gasteiger partial charge in [0.1, 0.15) is 0 Å².